The molecule has 2 bridgehead atoms. The SMILES string of the molecule is CC(=O)N1[C@H](c2ccccc2)[C@H]2C=C[C@H]1n1c(=O)[nH]c(=O)n12. The zero-order valence-electron chi connectivity index (χ0n) is 11.8. The minimum absolute atomic E-state index is 0.139. The first kappa shape index (κ1) is 12.9. The lowest BCUT2D eigenvalue weighted by Crippen LogP contribution is -2.54. The number of H-pyrrole nitrogens is 1. The van der Waals surface area contributed by atoms with Crippen molar-refractivity contribution in [3.63, 3.8) is 0 Å². The maximum absolute atomic E-state index is 12.2. The van der Waals surface area contributed by atoms with Crippen molar-refractivity contribution in [1.29, 1.82) is 0 Å². The minimum atomic E-state index is -0.584. The minimum Gasteiger partial charge on any atom is -0.307 e. The van der Waals surface area contributed by atoms with Crippen molar-refractivity contribution >= 4 is 5.91 Å². The van der Waals surface area contributed by atoms with E-state index in [1.165, 1.54) is 16.3 Å². The molecule has 0 fully saturated rings. The molecule has 22 heavy (non-hydrogen) atoms. The summed E-state index contributed by atoms with van der Waals surface area (Å²) in [5.74, 6) is -0.139. The van der Waals surface area contributed by atoms with Crippen molar-refractivity contribution < 1.29 is 4.79 Å². The molecule has 2 aromatic rings. The van der Waals surface area contributed by atoms with Crippen LogP contribution in [0.1, 0.15) is 30.7 Å². The number of nitrogens with zero attached hydrogens (tertiary/aromatic N) is 3. The lowest BCUT2D eigenvalue weighted by atomic mass is 9.92. The zero-order chi connectivity index (χ0) is 15.4. The first-order valence-corrected chi connectivity index (χ1v) is 7.05. The molecule has 1 aromatic heterocycles. The van der Waals surface area contributed by atoms with E-state index < -0.39 is 23.6 Å². The Morgan fingerprint density at radius 1 is 1.05 bits per heavy atom. The third-order valence-corrected chi connectivity index (χ3v) is 4.29. The van der Waals surface area contributed by atoms with Crippen molar-refractivity contribution in [3.8, 4) is 0 Å². The maximum Gasteiger partial charge on any atom is 0.346 e. The van der Waals surface area contributed by atoms with Crippen LogP contribution in [0.15, 0.2) is 52.1 Å². The average molecular weight is 298 g/mol. The summed E-state index contributed by atoms with van der Waals surface area (Å²) in [4.78, 5) is 40.2. The fraction of sp³-hybridized carbons (Fsp3) is 0.267. The predicted molar refractivity (Wildman–Crippen MR) is 78.2 cm³/mol. The molecule has 4 heterocycles. The molecule has 112 valence electrons. The number of rotatable bonds is 1. The topological polar surface area (TPSA) is 80.1 Å². The lowest BCUT2D eigenvalue weighted by molar-refractivity contribution is -0.140. The first-order valence-electron chi connectivity index (χ1n) is 7.05. The van der Waals surface area contributed by atoms with E-state index in [1.807, 2.05) is 36.4 Å². The molecule has 7 nitrogen and oxygen atoms in total. The number of aromatic nitrogens is 3. The van der Waals surface area contributed by atoms with Crippen molar-refractivity contribution in [2.75, 3.05) is 0 Å². The van der Waals surface area contributed by atoms with Crippen molar-refractivity contribution in [3.05, 3.63) is 69.0 Å². The van der Waals surface area contributed by atoms with Crippen LogP contribution < -0.4 is 11.4 Å². The van der Waals surface area contributed by atoms with Gasteiger partial charge in [0.1, 0.15) is 6.17 Å². The number of carbonyl (C=O) groups is 1. The quantitative estimate of drug-likeness (QED) is 0.781. The van der Waals surface area contributed by atoms with Gasteiger partial charge >= 0.3 is 11.4 Å². The second-order valence-corrected chi connectivity index (χ2v) is 5.50. The summed E-state index contributed by atoms with van der Waals surface area (Å²) in [6, 6.07) is 8.84. The third-order valence-electron chi connectivity index (χ3n) is 4.29. The number of carbonyl (C=O) groups excluding carboxylic acids is 1. The van der Waals surface area contributed by atoms with Crippen LogP contribution in [-0.2, 0) is 4.79 Å². The molecule has 0 unspecified atom stereocenters. The zero-order valence-corrected chi connectivity index (χ0v) is 11.8. The molecule has 0 spiro atoms. The van der Waals surface area contributed by atoms with E-state index in [0.29, 0.717) is 0 Å². The average Bonchev–Trinajstić information content (AvgIpc) is 2.84. The normalized spacial score (nSPS) is 25.3. The van der Waals surface area contributed by atoms with Crippen molar-refractivity contribution in [2.45, 2.75) is 25.2 Å². The van der Waals surface area contributed by atoms with Crippen LogP contribution in [0.3, 0.4) is 0 Å². The Balaban J connectivity index is 1.99. The first-order chi connectivity index (χ1) is 10.6. The molecule has 0 radical (unpaired) electrons. The number of nitrogens with one attached hydrogen (secondary N) is 1. The highest BCUT2D eigenvalue weighted by molar-refractivity contribution is 5.75. The number of hydrogen-bond acceptors (Lipinski definition) is 3. The fourth-order valence-electron chi connectivity index (χ4n) is 3.47. The summed E-state index contributed by atoms with van der Waals surface area (Å²) in [5.41, 5.74) is -0.0144. The Bertz CT molecular complexity index is 890. The van der Waals surface area contributed by atoms with Crippen LogP contribution in [0.25, 0.3) is 0 Å². The van der Waals surface area contributed by atoms with Gasteiger partial charge in [-0.2, -0.15) is 0 Å². The highest BCUT2D eigenvalue weighted by Gasteiger charge is 2.46. The molecular weight excluding hydrogens is 284 g/mol. The molecule has 1 aromatic carbocycles. The Morgan fingerprint density at radius 2 is 1.73 bits per heavy atom. The van der Waals surface area contributed by atoms with Gasteiger partial charge in [0.25, 0.3) is 0 Å². The number of amides is 1. The van der Waals surface area contributed by atoms with Gasteiger partial charge < -0.3 is 4.90 Å². The lowest BCUT2D eigenvalue weighted by Gasteiger charge is -2.48. The fourth-order valence-corrected chi connectivity index (χ4v) is 3.47. The van der Waals surface area contributed by atoms with E-state index in [1.54, 1.807) is 11.0 Å². The van der Waals surface area contributed by atoms with Gasteiger partial charge in [0.2, 0.25) is 5.91 Å². The largest absolute Gasteiger partial charge is 0.346 e. The van der Waals surface area contributed by atoms with Crippen LogP contribution in [0, 0.1) is 0 Å². The van der Waals surface area contributed by atoms with E-state index >= 15 is 0 Å². The van der Waals surface area contributed by atoms with Gasteiger partial charge in [0.15, 0.2) is 0 Å². The summed E-state index contributed by atoms with van der Waals surface area (Å²) in [7, 11) is 0. The van der Waals surface area contributed by atoms with E-state index in [9.17, 15) is 14.4 Å². The van der Waals surface area contributed by atoms with Gasteiger partial charge in [-0.1, -0.05) is 36.4 Å². The molecule has 1 N–H and O–H groups in total. The van der Waals surface area contributed by atoms with Crippen LogP contribution in [0.2, 0.25) is 0 Å². The van der Waals surface area contributed by atoms with Crippen molar-refractivity contribution in [2.24, 2.45) is 0 Å². The summed E-state index contributed by atoms with van der Waals surface area (Å²) < 4.78 is 2.72. The smallest absolute Gasteiger partial charge is 0.307 e. The molecule has 1 amide bonds. The summed E-state index contributed by atoms with van der Waals surface area (Å²) in [6.07, 6.45) is 3.09. The number of hydrogen-bond donors (Lipinski definition) is 1. The van der Waals surface area contributed by atoms with Gasteiger partial charge in [-0.25, -0.2) is 19.0 Å². The van der Waals surface area contributed by atoms with Gasteiger partial charge in [-0.3, -0.25) is 9.78 Å². The van der Waals surface area contributed by atoms with Crippen LogP contribution in [0.5, 0.6) is 0 Å². The van der Waals surface area contributed by atoms with E-state index in [-0.39, 0.29) is 11.9 Å². The molecular formula is C15H14N4O3. The molecule has 3 aliphatic heterocycles. The highest BCUT2D eigenvalue weighted by atomic mass is 16.2. The van der Waals surface area contributed by atoms with Gasteiger partial charge in [0, 0.05) is 6.92 Å². The van der Waals surface area contributed by atoms with Crippen LogP contribution in [0.4, 0.5) is 0 Å². The van der Waals surface area contributed by atoms with Gasteiger partial charge in [-0.15, -0.1) is 0 Å². The van der Waals surface area contributed by atoms with Crippen LogP contribution in [-0.4, -0.2) is 25.2 Å². The second-order valence-electron chi connectivity index (χ2n) is 5.50. The highest BCUT2D eigenvalue weighted by Crippen LogP contribution is 2.44. The molecule has 0 saturated carbocycles. The second kappa shape index (κ2) is 4.33. The Labute approximate surface area is 125 Å². The number of aromatic amines is 1. The van der Waals surface area contributed by atoms with Gasteiger partial charge in [-0.05, 0) is 11.6 Å². The molecule has 5 rings (SSSR count). The van der Waals surface area contributed by atoms with Crippen molar-refractivity contribution in [1.82, 2.24) is 19.2 Å². The Morgan fingerprint density at radius 3 is 2.41 bits per heavy atom. The number of benzene rings is 1. The monoisotopic (exact) mass is 298 g/mol. The van der Waals surface area contributed by atoms with E-state index in [4.69, 9.17) is 0 Å². The summed E-state index contributed by atoms with van der Waals surface area (Å²) >= 11 is 0. The third kappa shape index (κ3) is 1.53. The molecule has 7 heteroatoms. The number of fused-ring (bicyclic) bond motifs is 1. The molecule has 3 aliphatic rings. The summed E-state index contributed by atoms with van der Waals surface area (Å²) in [5, 5.41) is 0. The standard InChI is InChI=1S/C15H14N4O3/c1-9(20)17-12-8-7-11(13(17)10-5-3-2-4-6-10)18-14(21)16-15(22)19(12)18/h2-8,11-13H,1H3,(H,16,21,22)/t11-,12-,13-/m1/s1. The van der Waals surface area contributed by atoms with Crippen LogP contribution >= 0.6 is 0 Å². The maximum atomic E-state index is 12.2. The van der Waals surface area contributed by atoms with E-state index in [0.717, 1.165) is 5.56 Å². The predicted octanol–water partition coefficient (Wildman–Crippen LogP) is 0.551. The molecule has 0 aliphatic carbocycles. The molecule has 3 atom stereocenters. The Kier molecular flexibility index (Phi) is 2.53. The van der Waals surface area contributed by atoms with Gasteiger partial charge in [0.05, 0.1) is 12.1 Å². The van der Waals surface area contributed by atoms with E-state index in [2.05, 4.69) is 4.98 Å². The summed E-state index contributed by atoms with van der Waals surface area (Å²) in [6.45, 7) is 1.48. The Hall–Kier alpha value is -2.83. The molecule has 0 saturated heterocycles.